The van der Waals surface area contributed by atoms with Gasteiger partial charge < -0.3 is 10.6 Å². The van der Waals surface area contributed by atoms with Gasteiger partial charge in [-0.2, -0.15) is 0 Å². The zero-order chi connectivity index (χ0) is 14.1. The second-order valence-corrected chi connectivity index (χ2v) is 7.39. The standard InChI is InChI=1S/C17H36N2/c1-17(2,3)16-10-9-14-19(15-11-16)13-8-6-4-5-7-12-18/h16H,4-15,18H2,1-3H3. The van der Waals surface area contributed by atoms with Crippen molar-refractivity contribution in [2.24, 2.45) is 17.1 Å². The molecule has 0 aromatic rings. The number of rotatable bonds is 7. The summed E-state index contributed by atoms with van der Waals surface area (Å²) >= 11 is 0. The van der Waals surface area contributed by atoms with Crippen LogP contribution in [0.25, 0.3) is 0 Å². The Balaban J connectivity index is 2.12. The molecule has 1 heterocycles. The first-order valence-corrected chi connectivity index (χ1v) is 8.46. The third-order valence-electron chi connectivity index (χ3n) is 4.72. The average molecular weight is 268 g/mol. The highest BCUT2D eigenvalue weighted by Crippen LogP contribution is 2.34. The third kappa shape index (κ3) is 7.31. The van der Waals surface area contributed by atoms with Gasteiger partial charge in [0.2, 0.25) is 0 Å². The Morgan fingerprint density at radius 2 is 1.63 bits per heavy atom. The zero-order valence-electron chi connectivity index (χ0n) is 13.6. The largest absolute Gasteiger partial charge is 0.330 e. The van der Waals surface area contributed by atoms with Gasteiger partial charge in [0.15, 0.2) is 0 Å². The number of hydrogen-bond acceptors (Lipinski definition) is 2. The lowest BCUT2D eigenvalue weighted by atomic mass is 9.77. The van der Waals surface area contributed by atoms with Crippen LogP contribution in [0.15, 0.2) is 0 Å². The van der Waals surface area contributed by atoms with Gasteiger partial charge in [-0.05, 0) is 69.6 Å². The first kappa shape index (κ1) is 17.0. The monoisotopic (exact) mass is 268 g/mol. The Morgan fingerprint density at radius 1 is 0.947 bits per heavy atom. The molecule has 2 heteroatoms. The second-order valence-electron chi connectivity index (χ2n) is 7.39. The third-order valence-corrected chi connectivity index (χ3v) is 4.72. The molecule has 1 aliphatic rings. The van der Waals surface area contributed by atoms with Crippen molar-refractivity contribution >= 4 is 0 Å². The summed E-state index contributed by atoms with van der Waals surface area (Å²) in [6.07, 6.45) is 10.9. The smallest absolute Gasteiger partial charge is 0.00159 e. The quantitative estimate of drug-likeness (QED) is 0.706. The normalized spacial score (nSPS) is 22.4. The molecule has 19 heavy (non-hydrogen) atoms. The van der Waals surface area contributed by atoms with E-state index in [1.807, 2.05) is 0 Å². The number of hydrogen-bond donors (Lipinski definition) is 1. The summed E-state index contributed by atoms with van der Waals surface area (Å²) < 4.78 is 0. The van der Waals surface area contributed by atoms with E-state index in [9.17, 15) is 0 Å². The summed E-state index contributed by atoms with van der Waals surface area (Å²) in [5.41, 5.74) is 6.02. The van der Waals surface area contributed by atoms with Gasteiger partial charge in [0.1, 0.15) is 0 Å². The van der Waals surface area contributed by atoms with Crippen molar-refractivity contribution < 1.29 is 0 Å². The van der Waals surface area contributed by atoms with Gasteiger partial charge in [-0.1, -0.05) is 40.0 Å². The first-order valence-electron chi connectivity index (χ1n) is 8.46. The topological polar surface area (TPSA) is 29.3 Å². The van der Waals surface area contributed by atoms with Gasteiger partial charge in [0.05, 0.1) is 0 Å². The van der Waals surface area contributed by atoms with Crippen LogP contribution in [0.3, 0.4) is 0 Å². The molecule has 2 N–H and O–H groups in total. The minimum Gasteiger partial charge on any atom is -0.330 e. The fourth-order valence-corrected chi connectivity index (χ4v) is 3.26. The lowest BCUT2D eigenvalue weighted by Gasteiger charge is -2.29. The van der Waals surface area contributed by atoms with Crippen LogP contribution in [0.2, 0.25) is 0 Å². The minimum atomic E-state index is 0.498. The van der Waals surface area contributed by atoms with Crippen molar-refractivity contribution in [3.8, 4) is 0 Å². The fraction of sp³-hybridized carbons (Fsp3) is 1.00. The van der Waals surface area contributed by atoms with Crippen LogP contribution in [-0.2, 0) is 0 Å². The Morgan fingerprint density at radius 3 is 2.32 bits per heavy atom. The van der Waals surface area contributed by atoms with E-state index in [0.717, 1.165) is 12.5 Å². The Bertz CT molecular complexity index is 220. The summed E-state index contributed by atoms with van der Waals surface area (Å²) in [5, 5.41) is 0. The molecule has 0 bridgehead atoms. The Hall–Kier alpha value is -0.0800. The molecule has 1 unspecified atom stereocenters. The summed E-state index contributed by atoms with van der Waals surface area (Å²) in [6, 6.07) is 0. The van der Waals surface area contributed by atoms with E-state index < -0.39 is 0 Å². The number of likely N-dealkylation sites (tertiary alicyclic amines) is 1. The SMILES string of the molecule is CC(C)(C)C1CCCN(CCCCCCCN)CC1. The van der Waals surface area contributed by atoms with Gasteiger partial charge >= 0.3 is 0 Å². The maximum atomic E-state index is 5.52. The number of nitrogens with zero attached hydrogens (tertiary/aromatic N) is 1. The molecule has 0 radical (unpaired) electrons. The van der Waals surface area contributed by atoms with Crippen molar-refractivity contribution in [1.82, 2.24) is 4.90 Å². The van der Waals surface area contributed by atoms with E-state index in [-0.39, 0.29) is 0 Å². The van der Waals surface area contributed by atoms with Crippen LogP contribution in [-0.4, -0.2) is 31.1 Å². The highest BCUT2D eigenvalue weighted by molar-refractivity contribution is 4.78. The van der Waals surface area contributed by atoms with Crippen molar-refractivity contribution in [3.05, 3.63) is 0 Å². The van der Waals surface area contributed by atoms with Crippen LogP contribution in [0.5, 0.6) is 0 Å². The van der Waals surface area contributed by atoms with E-state index in [0.29, 0.717) is 5.41 Å². The van der Waals surface area contributed by atoms with Crippen LogP contribution in [0, 0.1) is 11.3 Å². The predicted molar refractivity (Wildman–Crippen MR) is 85.4 cm³/mol. The highest BCUT2D eigenvalue weighted by Gasteiger charge is 2.26. The van der Waals surface area contributed by atoms with Crippen LogP contribution >= 0.6 is 0 Å². The van der Waals surface area contributed by atoms with E-state index in [2.05, 4.69) is 25.7 Å². The van der Waals surface area contributed by atoms with Crippen LogP contribution in [0.4, 0.5) is 0 Å². The summed E-state index contributed by atoms with van der Waals surface area (Å²) in [4.78, 5) is 2.70. The van der Waals surface area contributed by atoms with Gasteiger partial charge in [0, 0.05) is 0 Å². The summed E-state index contributed by atoms with van der Waals surface area (Å²) in [7, 11) is 0. The molecule has 0 aromatic heterocycles. The van der Waals surface area contributed by atoms with E-state index in [1.165, 1.54) is 71.0 Å². The second kappa shape index (κ2) is 8.97. The van der Waals surface area contributed by atoms with E-state index in [4.69, 9.17) is 5.73 Å². The van der Waals surface area contributed by atoms with Gasteiger partial charge in [-0.25, -0.2) is 0 Å². The highest BCUT2D eigenvalue weighted by atomic mass is 15.1. The molecule has 0 amide bonds. The Kier molecular flexibility index (Phi) is 8.01. The number of nitrogens with two attached hydrogens (primary N) is 1. The zero-order valence-corrected chi connectivity index (χ0v) is 13.6. The predicted octanol–water partition coefficient (Wildman–Crippen LogP) is 4.04. The Labute approximate surface area is 121 Å². The molecule has 0 spiro atoms. The molecule has 0 saturated carbocycles. The fourth-order valence-electron chi connectivity index (χ4n) is 3.26. The average Bonchev–Trinajstić information content (AvgIpc) is 2.58. The summed E-state index contributed by atoms with van der Waals surface area (Å²) in [5.74, 6) is 0.919. The van der Waals surface area contributed by atoms with Crippen molar-refractivity contribution in [1.29, 1.82) is 0 Å². The van der Waals surface area contributed by atoms with E-state index >= 15 is 0 Å². The van der Waals surface area contributed by atoms with Crippen LogP contribution < -0.4 is 5.73 Å². The maximum absolute atomic E-state index is 5.52. The molecule has 1 rings (SSSR count). The number of unbranched alkanes of at least 4 members (excludes halogenated alkanes) is 4. The van der Waals surface area contributed by atoms with Gasteiger partial charge in [-0.3, -0.25) is 0 Å². The lowest BCUT2D eigenvalue weighted by Crippen LogP contribution is -2.27. The molecule has 1 saturated heterocycles. The minimum absolute atomic E-state index is 0.498. The van der Waals surface area contributed by atoms with Crippen molar-refractivity contribution in [2.75, 3.05) is 26.2 Å². The summed E-state index contributed by atoms with van der Waals surface area (Å²) in [6.45, 7) is 12.1. The van der Waals surface area contributed by atoms with Crippen LogP contribution in [0.1, 0.15) is 72.1 Å². The molecule has 0 aromatic carbocycles. The molecule has 1 fully saturated rings. The molecule has 0 aliphatic carbocycles. The van der Waals surface area contributed by atoms with E-state index in [1.54, 1.807) is 0 Å². The lowest BCUT2D eigenvalue weighted by molar-refractivity contribution is 0.207. The van der Waals surface area contributed by atoms with Gasteiger partial charge in [0.25, 0.3) is 0 Å². The molecule has 1 atom stereocenters. The molecule has 1 aliphatic heterocycles. The van der Waals surface area contributed by atoms with Crippen molar-refractivity contribution in [3.63, 3.8) is 0 Å². The molecular weight excluding hydrogens is 232 g/mol. The first-order chi connectivity index (χ1) is 9.04. The molecular formula is C17H36N2. The van der Waals surface area contributed by atoms with Gasteiger partial charge in [-0.15, -0.1) is 0 Å². The molecule has 114 valence electrons. The molecule has 2 nitrogen and oxygen atoms in total. The van der Waals surface area contributed by atoms with Crippen molar-refractivity contribution in [2.45, 2.75) is 72.1 Å². The maximum Gasteiger partial charge on any atom is -0.00159 e.